The van der Waals surface area contributed by atoms with Gasteiger partial charge in [0.2, 0.25) is 5.88 Å². The van der Waals surface area contributed by atoms with E-state index < -0.39 is 21.5 Å². The zero-order chi connectivity index (χ0) is 31.8. The number of amides is 2. The largest absolute Gasteiger partial charge is 0.477 e. The zero-order valence-electron chi connectivity index (χ0n) is 26.2. The van der Waals surface area contributed by atoms with Gasteiger partial charge < -0.3 is 10.1 Å². The Labute approximate surface area is 275 Å². The van der Waals surface area contributed by atoms with Crippen LogP contribution in [0.15, 0.2) is 113 Å². The second-order valence-corrected chi connectivity index (χ2v) is 14.3. The minimum absolute atomic E-state index is 0.253. The number of anilines is 1. The van der Waals surface area contributed by atoms with Gasteiger partial charge in [0.15, 0.2) is 9.92 Å². The molecule has 1 aliphatic heterocycles. The number of ether oxygens (including phenoxy) is 1. The minimum atomic E-state index is -3.76. The number of rotatable bonds is 7. The Morgan fingerprint density at radius 3 is 1.89 bits per heavy atom. The SMILES string of the molecule is O=C(Nc1c2c(cc3c1CCC3)CCC2)NS(=O)(=NC(c1ccccc1)(c1ccccc1)c1ccccc1)c1cnn2c1OCCC2. The van der Waals surface area contributed by atoms with E-state index in [1.165, 1.54) is 28.5 Å². The van der Waals surface area contributed by atoms with Crippen molar-refractivity contribution in [3.05, 3.63) is 142 Å². The molecule has 5 aromatic rings. The molecule has 0 bridgehead atoms. The standard InChI is InChI=1S/C38H37N5O3S/c44-37(40-35-32-21-10-13-27(32)25-28-14-11-22-33(28)35)41-47(45,34-26-39-43-23-12-24-46-36(34)43)42-38(29-15-4-1-5-16-29,30-17-6-2-7-18-30)31-19-8-3-9-20-31/h1-9,15-20,25-26H,10-14,21-24H2,(H2,40,41,42,44,45). The molecule has 0 radical (unpaired) electrons. The van der Waals surface area contributed by atoms with Crippen LogP contribution >= 0.6 is 0 Å². The smallest absolute Gasteiger partial charge is 0.331 e. The third kappa shape index (κ3) is 5.19. The molecule has 4 aromatic carbocycles. The molecule has 1 aromatic heterocycles. The summed E-state index contributed by atoms with van der Waals surface area (Å²) in [5.74, 6) is 0.370. The summed E-state index contributed by atoms with van der Waals surface area (Å²) in [6, 6.07) is 31.3. The first-order chi connectivity index (χ1) is 23.0. The molecule has 2 N–H and O–H groups in total. The molecule has 238 valence electrons. The van der Waals surface area contributed by atoms with Gasteiger partial charge in [0.25, 0.3) is 0 Å². The van der Waals surface area contributed by atoms with Crippen LogP contribution in [0.3, 0.4) is 0 Å². The molecule has 47 heavy (non-hydrogen) atoms. The van der Waals surface area contributed by atoms with Crippen LogP contribution in [0.2, 0.25) is 0 Å². The number of aryl methyl sites for hydroxylation is 3. The van der Waals surface area contributed by atoms with Gasteiger partial charge in [0.1, 0.15) is 10.4 Å². The van der Waals surface area contributed by atoms with Crippen LogP contribution < -0.4 is 14.8 Å². The van der Waals surface area contributed by atoms with E-state index in [0.717, 1.165) is 67.3 Å². The monoisotopic (exact) mass is 643 g/mol. The summed E-state index contributed by atoms with van der Waals surface area (Å²) >= 11 is 0. The number of nitrogens with one attached hydrogen (secondary N) is 2. The Morgan fingerprint density at radius 2 is 1.34 bits per heavy atom. The zero-order valence-corrected chi connectivity index (χ0v) is 27.0. The fourth-order valence-corrected chi connectivity index (χ4v) is 9.33. The maximum Gasteiger partial charge on any atom is 0.331 e. The summed E-state index contributed by atoms with van der Waals surface area (Å²) in [6.45, 7) is 1.09. The fraction of sp³-hybridized carbons (Fsp3) is 0.263. The topological polar surface area (TPSA) is 97.6 Å². The molecule has 2 heterocycles. The Balaban J connectivity index is 1.34. The van der Waals surface area contributed by atoms with Crippen LogP contribution in [-0.4, -0.2) is 26.6 Å². The Hall–Kier alpha value is -4.89. The normalized spacial score (nSPS) is 16.3. The second-order valence-electron chi connectivity index (χ2n) is 12.5. The van der Waals surface area contributed by atoms with Crippen molar-refractivity contribution in [3.63, 3.8) is 0 Å². The first-order valence-corrected chi connectivity index (χ1v) is 18.0. The molecule has 2 aliphatic carbocycles. The van der Waals surface area contributed by atoms with Crippen molar-refractivity contribution in [1.82, 2.24) is 14.5 Å². The van der Waals surface area contributed by atoms with Crippen LogP contribution in [0, 0.1) is 0 Å². The molecule has 2 amide bonds. The molecular formula is C38H37N5O3S. The number of hydrogen-bond acceptors (Lipinski definition) is 5. The maximum atomic E-state index is 15.9. The lowest BCUT2D eigenvalue weighted by Gasteiger charge is -2.33. The molecule has 8 rings (SSSR count). The highest BCUT2D eigenvalue weighted by atomic mass is 32.2. The first-order valence-electron chi connectivity index (χ1n) is 16.4. The Kier molecular flexibility index (Phi) is 7.56. The van der Waals surface area contributed by atoms with Gasteiger partial charge in [0, 0.05) is 18.7 Å². The van der Waals surface area contributed by atoms with Gasteiger partial charge in [-0.3, -0.25) is 0 Å². The Bertz CT molecular complexity index is 1940. The van der Waals surface area contributed by atoms with Gasteiger partial charge in [-0.2, -0.15) is 9.46 Å². The highest BCUT2D eigenvalue weighted by molar-refractivity contribution is 7.92. The number of nitrogens with zero attached hydrogens (tertiary/aromatic N) is 3. The molecule has 0 saturated carbocycles. The summed E-state index contributed by atoms with van der Waals surface area (Å²) in [7, 11) is -3.76. The predicted molar refractivity (Wildman–Crippen MR) is 183 cm³/mol. The number of aromatic nitrogens is 2. The van der Waals surface area contributed by atoms with E-state index in [4.69, 9.17) is 9.10 Å². The van der Waals surface area contributed by atoms with E-state index in [1.54, 1.807) is 4.68 Å². The lowest BCUT2D eigenvalue weighted by Crippen LogP contribution is -2.38. The predicted octanol–water partition coefficient (Wildman–Crippen LogP) is 7.20. The number of fused-ring (bicyclic) bond motifs is 3. The quantitative estimate of drug-likeness (QED) is 0.183. The molecule has 0 fully saturated rings. The number of carbonyl (C=O) groups is 1. The lowest BCUT2D eigenvalue weighted by molar-refractivity contribution is 0.224. The molecule has 3 aliphatic rings. The van der Waals surface area contributed by atoms with Crippen molar-refractivity contribution in [3.8, 4) is 5.88 Å². The van der Waals surface area contributed by atoms with E-state index in [9.17, 15) is 4.79 Å². The first kappa shape index (κ1) is 29.5. The molecule has 1 unspecified atom stereocenters. The highest BCUT2D eigenvalue weighted by Gasteiger charge is 2.40. The number of carbonyl (C=O) groups excluding carboxylic acids is 1. The van der Waals surface area contributed by atoms with E-state index >= 15 is 4.21 Å². The van der Waals surface area contributed by atoms with Crippen molar-refractivity contribution < 1.29 is 13.7 Å². The van der Waals surface area contributed by atoms with Crippen molar-refractivity contribution in [1.29, 1.82) is 0 Å². The number of benzene rings is 4. The fourth-order valence-electron chi connectivity index (χ4n) is 7.48. The van der Waals surface area contributed by atoms with E-state index in [2.05, 4.69) is 21.2 Å². The Morgan fingerprint density at radius 1 is 0.787 bits per heavy atom. The summed E-state index contributed by atoms with van der Waals surface area (Å²) in [5.41, 5.74) is 7.07. The summed E-state index contributed by atoms with van der Waals surface area (Å²) in [5, 5.41) is 7.73. The minimum Gasteiger partial charge on any atom is -0.477 e. The molecule has 9 heteroatoms. The van der Waals surface area contributed by atoms with E-state index in [1.807, 2.05) is 91.0 Å². The summed E-state index contributed by atoms with van der Waals surface area (Å²) < 4.78 is 31.9. The van der Waals surface area contributed by atoms with Crippen molar-refractivity contribution >= 4 is 21.6 Å². The maximum absolute atomic E-state index is 15.9. The van der Waals surface area contributed by atoms with Crippen LogP contribution in [0.1, 0.15) is 58.2 Å². The van der Waals surface area contributed by atoms with Crippen molar-refractivity contribution in [2.75, 3.05) is 11.9 Å². The summed E-state index contributed by atoms with van der Waals surface area (Å²) in [6.07, 6.45) is 8.31. The molecule has 0 saturated heterocycles. The van der Waals surface area contributed by atoms with Gasteiger partial charge in [0.05, 0.1) is 12.8 Å². The van der Waals surface area contributed by atoms with Gasteiger partial charge in [-0.05, 0) is 77.5 Å². The lowest BCUT2D eigenvalue weighted by atomic mass is 9.78. The van der Waals surface area contributed by atoms with Gasteiger partial charge >= 0.3 is 6.03 Å². The van der Waals surface area contributed by atoms with E-state index in [0.29, 0.717) is 19.0 Å². The second kappa shape index (κ2) is 12.0. The average molecular weight is 644 g/mol. The molecule has 8 nitrogen and oxygen atoms in total. The summed E-state index contributed by atoms with van der Waals surface area (Å²) in [4.78, 5) is 14.5. The third-order valence-electron chi connectivity index (χ3n) is 9.59. The van der Waals surface area contributed by atoms with Gasteiger partial charge in [-0.25, -0.2) is 18.4 Å². The van der Waals surface area contributed by atoms with E-state index in [-0.39, 0.29) is 4.90 Å². The van der Waals surface area contributed by atoms with Crippen molar-refractivity contribution in [2.24, 2.45) is 4.36 Å². The van der Waals surface area contributed by atoms with Crippen LogP contribution in [0.25, 0.3) is 0 Å². The van der Waals surface area contributed by atoms with Crippen LogP contribution in [-0.2, 0) is 47.7 Å². The number of urea groups is 1. The van der Waals surface area contributed by atoms with Crippen LogP contribution in [0.5, 0.6) is 5.88 Å². The number of hydrogen-bond donors (Lipinski definition) is 2. The van der Waals surface area contributed by atoms with Gasteiger partial charge in [-0.15, -0.1) is 0 Å². The van der Waals surface area contributed by atoms with Gasteiger partial charge in [-0.1, -0.05) is 97.1 Å². The molecular weight excluding hydrogens is 607 g/mol. The molecule has 0 spiro atoms. The molecule has 1 atom stereocenters. The van der Waals surface area contributed by atoms with Crippen molar-refractivity contribution in [2.45, 2.75) is 61.9 Å². The average Bonchev–Trinajstić information content (AvgIpc) is 3.89. The van der Waals surface area contributed by atoms with Crippen LogP contribution in [0.4, 0.5) is 10.5 Å². The highest BCUT2D eigenvalue weighted by Crippen LogP contribution is 2.44. The third-order valence-corrected chi connectivity index (χ3v) is 11.5.